The lowest BCUT2D eigenvalue weighted by Gasteiger charge is -2.10. The van der Waals surface area contributed by atoms with Crippen LogP contribution in [0.15, 0.2) is 97.6 Å². The summed E-state index contributed by atoms with van der Waals surface area (Å²) in [6.07, 6.45) is 5.18. The van der Waals surface area contributed by atoms with Gasteiger partial charge in [0.05, 0.1) is 11.0 Å². The third kappa shape index (κ3) is 5.64. The van der Waals surface area contributed by atoms with Crippen molar-refractivity contribution in [3.8, 4) is 17.2 Å². The molecule has 0 saturated carbocycles. The number of carbonyl (C=O) groups is 1. The van der Waals surface area contributed by atoms with E-state index in [1.807, 2.05) is 59.2 Å². The van der Waals surface area contributed by atoms with E-state index in [0.29, 0.717) is 36.1 Å². The van der Waals surface area contributed by atoms with Crippen LogP contribution in [0.3, 0.4) is 0 Å². The van der Waals surface area contributed by atoms with Gasteiger partial charge in [0.15, 0.2) is 0 Å². The van der Waals surface area contributed by atoms with Crippen LogP contribution in [0.1, 0.15) is 15.9 Å². The molecule has 1 N–H and O–H groups in total. The zero-order chi connectivity index (χ0) is 24.7. The quantitative estimate of drug-likeness (QED) is 0.273. The van der Waals surface area contributed by atoms with Gasteiger partial charge in [0.1, 0.15) is 31.0 Å². The van der Waals surface area contributed by atoms with Crippen LogP contribution in [0.5, 0.6) is 11.5 Å². The number of ether oxygens (including phenoxy) is 2. The van der Waals surface area contributed by atoms with Gasteiger partial charge in [-0.25, -0.2) is 4.98 Å². The average molecular weight is 499 g/mol. The van der Waals surface area contributed by atoms with E-state index in [1.165, 1.54) is 0 Å². The monoisotopic (exact) mass is 498 g/mol. The molecule has 0 fully saturated rings. The SMILES string of the molecule is O=C(NCc1cccnc1)c1ccc2c(c1)ncn2-c1ccc(OCCOc2cccc(Cl)c2)cc1. The van der Waals surface area contributed by atoms with E-state index in [4.69, 9.17) is 21.1 Å². The number of halogens is 1. The normalized spacial score (nSPS) is 10.8. The highest BCUT2D eigenvalue weighted by atomic mass is 35.5. The molecule has 0 radical (unpaired) electrons. The Morgan fingerprint density at radius 3 is 2.53 bits per heavy atom. The fraction of sp³-hybridized carbons (Fsp3) is 0.107. The molecule has 0 aliphatic carbocycles. The molecule has 0 aliphatic rings. The first-order valence-corrected chi connectivity index (χ1v) is 11.8. The van der Waals surface area contributed by atoms with Crippen LogP contribution >= 0.6 is 11.6 Å². The van der Waals surface area contributed by atoms with Gasteiger partial charge >= 0.3 is 0 Å². The Morgan fingerprint density at radius 2 is 1.75 bits per heavy atom. The van der Waals surface area contributed by atoms with Crippen molar-refractivity contribution in [3.05, 3.63) is 114 Å². The third-order valence-electron chi connectivity index (χ3n) is 5.52. The van der Waals surface area contributed by atoms with Gasteiger partial charge in [-0.1, -0.05) is 23.7 Å². The number of hydrogen-bond donors (Lipinski definition) is 1. The van der Waals surface area contributed by atoms with Gasteiger partial charge in [-0.2, -0.15) is 0 Å². The molecule has 8 heteroatoms. The minimum absolute atomic E-state index is 0.156. The van der Waals surface area contributed by atoms with E-state index in [1.54, 1.807) is 43.0 Å². The Balaban J connectivity index is 1.19. The van der Waals surface area contributed by atoms with Crippen molar-refractivity contribution in [2.45, 2.75) is 6.54 Å². The first-order chi connectivity index (χ1) is 17.7. The predicted octanol–water partition coefficient (Wildman–Crippen LogP) is 5.46. The number of pyridine rings is 1. The summed E-state index contributed by atoms with van der Waals surface area (Å²) in [5, 5.41) is 3.55. The minimum Gasteiger partial charge on any atom is -0.490 e. The highest BCUT2D eigenvalue weighted by Gasteiger charge is 2.10. The van der Waals surface area contributed by atoms with Crippen molar-refractivity contribution in [1.82, 2.24) is 19.9 Å². The van der Waals surface area contributed by atoms with Crippen molar-refractivity contribution in [3.63, 3.8) is 0 Å². The zero-order valence-electron chi connectivity index (χ0n) is 19.3. The van der Waals surface area contributed by atoms with E-state index in [2.05, 4.69) is 15.3 Å². The lowest BCUT2D eigenvalue weighted by atomic mass is 10.1. The summed E-state index contributed by atoms with van der Waals surface area (Å²) in [6.45, 7) is 1.23. The smallest absolute Gasteiger partial charge is 0.251 e. The molecule has 3 aromatic carbocycles. The topological polar surface area (TPSA) is 78.3 Å². The first-order valence-electron chi connectivity index (χ1n) is 11.4. The molecule has 5 rings (SSSR count). The van der Waals surface area contributed by atoms with Gasteiger partial charge in [-0.3, -0.25) is 14.3 Å². The number of hydrogen-bond acceptors (Lipinski definition) is 5. The molecule has 0 spiro atoms. The number of aromatic nitrogens is 3. The molecule has 7 nitrogen and oxygen atoms in total. The highest BCUT2D eigenvalue weighted by Crippen LogP contribution is 2.22. The molecule has 0 unspecified atom stereocenters. The fourth-order valence-electron chi connectivity index (χ4n) is 3.73. The van der Waals surface area contributed by atoms with Crippen LogP contribution in [0.4, 0.5) is 0 Å². The molecular weight excluding hydrogens is 476 g/mol. The van der Waals surface area contributed by atoms with Gasteiger partial charge in [-0.15, -0.1) is 0 Å². The number of benzene rings is 3. The molecule has 180 valence electrons. The van der Waals surface area contributed by atoms with E-state index >= 15 is 0 Å². The van der Waals surface area contributed by atoms with Crippen molar-refractivity contribution in [2.75, 3.05) is 13.2 Å². The predicted molar refractivity (Wildman–Crippen MR) is 139 cm³/mol. The van der Waals surface area contributed by atoms with Crippen molar-refractivity contribution >= 4 is 28.5 Å². The van der Waals surface area contributed by atoms with E-state index < -0.39 is 0 Å². The largest absolute Gasteiger partial charge is 0.490 e. The number of nitrogens with one attached hydrogen (secondary N) is 1. The van der Waals surface area contributed by atoms with Crippen LogP contribution in [-0.4, -0.2) is 33.7 Å². The van der Waals surface area contributed by atoms with Gasteiger partial charge in [0, 0.05) is 35.2 Å². The lowest BCUT2D eigenvalue weighted by Crippen LogP contribution is -2.22. The molecule has 5 aromatic rings. The third-order valence-corrected chi connectivity index (χ3v) is 5.75. The summed E-state index contributed by atoms with van der Waals surface area (Å²) in [6, 6.07) is 24.3. The highest BCUT2D eigenvalue weighted by molar-refractivity contribution is 6.30. The Labute approximate surface area is 213 Å². The van der Waals surface area contributed by atoms with Crippen LogP contribution in [0, 0.1) is 0 Å². The summed E-state index contributed by atoms with van der Waals surface area (Å²) in [7, 11) is 0. The number of imidazole rings is 1. The molecule has 0 bridgehead atoms. The van der Waals surface area contributed by atoms with E-state index in [-0.39, 0.29) is 5.91 Å². The van der Waals surface area contributed by atoms with Crippen molar-refractivity contribution in [2.24, 2.45) is 0 Å². The second-order valence-corrected chi connectivity index (χ2v) is 8.45. The van der Waals surface area contributed by atoms with E-state index in [9.17, 15) is 4.79 Å². The number of nitrogens with zero attached hydrogens (tertiary/aromatic N) is 3. The van der Waals surface area contributed by atoms with Gasteiger partial charge in [0.25, 0.3) is 5.91 Å². The number of carbonyl (C=O) groups excluding carboxylic acids is 1. The second kappa shape index (κ2) is 10.9. The van der Waals surface area contributed by atoms with Gasteiger partial charge < -0.3 is 14.8 Å². The lowest BCUT2D eigenvalue weighted by molar-refractivity contribution is 0.0951. The maximum atomic E-state index is 12.6. The van der Waals surface area contributed by atoms with Crippen LogP contribution < -0.4 is 14.8 Å². The van der Waals surface area contributed by atoms with E-state index in [0.717, 1.165) is 28.0 Å². The molecule has 0 atom stereocenters. The van der Waals surface area contributed by atoms with Crippen LogP contribution in [0.2, 0.25) is 5.02 Å². The van der Waals surface area contributed by atoms with Crippen LogP contribution in [0.25, 0.3) is 16.7 Å². The molecule has 36 heavy (non-hydrogen) atoms. The average Bonchev–Trinajstić information content (AvgIpc) is 3.34. The maximum absolute atomic E-state index is 12.6. The minimum atomic E-state index is -0.156. The summed E-state index contributed by atoms with van der Waals surface area (Å²) in [4.78, 5) is 21.1. The van der Waals surface area contributed by atoms with Crippen molar-refractivity contribution in [1.29, 1.82) is 0 Å². The molecule has 0 saturated heterocycles. The van der Waals surface area contributed by atoms with Crippen molar-refractivity contribution < 1.29 is 14.3 Å². The second-order valence-electron chi connectivity index (χ2n) is 8.01. The fourth-order valence-corrected chi connectivity index (χ4v) is 3.91. The molecule has 2 aromatic heterocycles. The standard InChI is InChI=1S/C28H23ClN4O3/c29-22-4-1-5-25(16-22)36-14-13-35-24-9-7-23(8-10-24)33-19-32-26-15-21(6-11-27(26)33)28(34)31-18-20-3-2-12-30-17-20/h1-12,15-17,19H,13-14,18H2,(H,31,34). The molecule has 2 heterocycles. The number of fused-ring (bicyclic) bond motifs is 1. The maximum Gasteiger partial charge on any atom is 0.251 e. The Morgan fingerprint density at radius 1 is 0.917 bits per heavy atom. The van der Waals surface area contributed by atoms with Crippen LogP contribution in [-0.2, 0) is 6.54 Å². The molecule has 1 amide bonds. The molecular formula is C28H23ClN4O3. The zero-order valence-corrected chi connectivity index (χ0v) is 20.1. The first kappa shape index (κ1) is 23.4. The summed E-state index contributed by atoms with van der Waals surface area (Å²) in [5.41, 5.74) is 4.08. The Bertz CT molecular complexity index is 1470. The molecule has 0 aliphatic heterocycles. The Hall–Kier alpha value is -4.36. The van der Waals surface area contributed by atoms with Gasteiger partial charge in [-0.05, 0) is 72.3 Å². The summed E-state index contributed by atoms with van der Waals surface area (Å²) in [5.74, 6) is 1.30. The number of rotatable bonds is 9. The number of amides is 1. The Kier molecular flexibility index (Phi) is 7.10. The summed E-state index contributed by atoms with van der Waals surface area (Å²) >= 11 is 5.97. The summed E-state index contributed by atoms with van der Waals surface area (Å²) < 4.78 is 13.4. The van der Waals surface area contributed by atoms with Gasteiger partial charge in [0.2, 0.25) is 0 Å².